The molecule has 3 aliphatic rings. The van der Waals surface area contributed by atoms with E-state index < -0.39 is 11.8 Å². The van der Waals surface area contributed by atoms with Gasteiger partial charge in [-0.25, -0.2) is 4.39 Å². The lowest BCUT2D eigenvalue weighted by molar-refractivity contribution is -0.141. The van der Waals surface area contributed by atoms with E-state index in [0.29, 0.717) is 11.5 Å². The van der Waals surface area contributed by atoms with Crippen molar-refractivity contribution in [1.82, 2.24) is 0 Å². The number of halogens is 1. The zero-order valence-electron chi connectivity index (χ0n) is 19.6. The number of phenolic OH excluding ortho intramolecular Hbond substituents is 1. The summed E-state index contributed by atoms with van der Waals surface area (Å²) in [6.07, 6.45) is 0. The van der Waals surface area contributed by atoms with Crippen LogP contribution in [0, 0.1) is 17.7 Å². The number of ether oxygens (including phenoxy) is 5. The third-order valence-corrected chi connectivity index (χ3v) is 7.21. The zero-order valence-corrected chi connectivity index (χ0v) is 19.6. The standard InChI is InChI=1S/C27H24FNO7/c1-32-21-7-13(8-22(33-2)26(21)30)23-16-9-19-20(36-12-35-19)10-17(16)25(18-11-34-27(31)24(18)23)29-15-5-3-14(28)4-6-15/h3-10,18,23-25,29-30H,11-12H2,1-2H3/t18?,23?,24-,25+/m0/s1. The van der Waals surface area contributed by atoms with Crippen LogP contribution in [0.3, 0.4) is 0 Å². The number of hydrogen-bond acceptors (Lipinski definition) is 8. The van der Waals surface area contributed by atoms with Gasteiger partial charge in [0.1, 0.15) is 5.82 Å². The maximum absolute atomic E-state index is 13.6. The highest BCUT2D eigenvalue weighted by Gasteiger charge is 2.52. The summed E-state index contributed by atoms with van der Waals surface area (Å²) in [7, 11) is 2.92. The Morgan fingerprint density at radius 1 is 0.944 bits per heavy atom. The lowest BCUT2D eigenvalue weighted by Crippen LogP contribution is -2.37. The molecule has 9 heteroatoms. The van der Waals surface area contributed by atoms with Crippen molar-refractivity contribution < 1.29 is 38.0 Å². The van der Waals surface area contributed by atoms with Gasteiger partial charge in [0.2, 0.25) is 12.5 Å². The van der Waals surface area contributed by atoms with Gasteiger partial charge >= 0.3 is 5.97 Å². The number of benzene rings is 3. The molecule has 2 aliphatic heterocycles. The Hall–Kier alpha value is -4.14. The van der Waals surface area contributed by atoms with E-state index in [1.54, 1.807) is 24.3 Å². The zero-order chi connectivity index (χ0) is 25.0. The monoisotopic (exact) mass is 493 g/mol. The van der Waals surface area contributed by atoms with Gasteiger partial charge in [-0.2, -0.15) is 0 Å². The van der Waals surface area contributed by atoms with Crippen molar-refractivity contribution in [2.24, 2.45) is 11.8 Å². The summed E-state index contributed by atoms with van der Waals surface area (Å²) in [6.45, 7) is 0.327. The molecule has 3 aromatic rings. The summed E-state index contributed by atoms with van der Waals surface area (Å²) >= 11 is 0. The Bertz CT molecular complexity index is 1320. The Balaban J connectivity index is 1.55. The number of fused-ring (bicyclic) bond motifs is 3. The van der Waals surface area contributed by atoms with Gasteiger partial charge < -0.3 is 34.1 Å². The van der Waals surface area contributed by atoms with Gasteiger partial charge in [0.05, 0.1) is 32.8 Å². The Labute approximate surface area is 206 Å². The van der Waals surface area contributed by atoms with Crippen LogP contribution in [0.15, 0.2) is 48.5 Å². The average Bonchev–Trinajstić information content (AvgIpc) is 3.51. The molecule has 0 amide bonds. The molecule has 3 aromatic carbocycles. The molecule has 1 fully saturated rings. The molecule has 36 heavy (non-hydrogen) atoms. The van der Waals surface area contributed by atoms with Gasteiger partial charge in [-0.1, -0.05) is 0 Å². The highest BCUT2D eigenvalue weighted by atomic mass is 19.1. The first kappa shape index (κ1) is 22.3. The van der Waals surface area contributed by atoms with Crippen LogP contribution in [0.4, 0.5) is 10.1 Å². The number of carbonyl (C=O) groups excluding carboxylic acids is 1. The van der Waals surface area contributed by atoms with Crippen LogP contribution >= 0.6 is 0 Å². The first-order valence-electron chi connectivity index (χ1n) is 11.6. The van der Waals surface area contributed by atoms with E-state index in [-0.39, 0.29) is 54.4 Å². The molecule has 0 bridgehead atoms. The van der Waals surface area contributed by atoms with Crippen LogP contribution in [-0.2, 0) is 9.53 Å². The lowest BCUT2D eigenvalue weighted by atomic mass is 9.65. The van der Waals surface area contributed by atoms with Crippen LogP contribution in [0.1, 0.15) is 28.7 Å². The normalized spacial score (nSPS) is 23.5. The highest BCUT2D eigenvalue weighted by molar-refractivity contribution is 5.79. The molecule has 2 N–H and O–H groups in total. The van der Waals surface area contributed by atoms with Crippen LogP contribution in [0.5, 0.6) is 28.7 Å². The summed E-state index contributed by atoms with van der Waals surface area (Å²) in [6, 6.07) is 13.0. The van der Waals surface area contributed by atoms with Gasteiger partial charge in [-0.3, -0.25) is 4.79 Å². The number of methoxy groups -OCH3 is 2. The molecule has 0 spiro atoms. The molecule has 0 radical (unpaired) electrons. The van der Waals surface area contributed by atoms with Gasteiger partial charge in [-0.15, -0.1) is 0 Å². The second-order valence-electron chi connectivity index (χ2n) is 9.03. The number of anilines is 1. The number of phenols is 1. The highest BCUT2D eigenvalue weighted by Crippen LogP contribution is 2.56. The van der Waals surface area contributed by atoms with Gasteiger partial charge in [-0.05, 0) is 65.2 Å². The lowest BCUT2D eigenvalue weighted by Gasteiger charge is -2.40. The fourth-order valence-electron chi connectivity index (χ4n) is 5.57. The van der Waals surface area contributed by atoms with Crippen molar-refractivity contribution in [1.29, 1.82) is 0 Å². The van der Waals surface area contributed by atoms with E-state index >= 15 is 0 Å². The van der Waals surface area contributed by atoms with Gasteiger partial charge in [0.15, 0.2) is 23.0 Å². The maximum atomic E-state index is 13.6. The minimum absolute atomic E-state index is 0.106. The van der Waals surface area contributed by atoms with Crippen molar-refractivity contribution in [2.45, 2.75) is 12.0 Å². The van der Waals surface area contributed by atoms with E-state index in [9.17, 15) is 14.3 Å². The van der Waals surface area contributed by atoms with E-state index in [1.165, 1.54) is 26.4 Å². The van der Waals surface area contributed by atoms with Gasteiger partial charge in [0, 0.05) is 17.5 Å². The largest absolute Gasteiger partial charge is 0.502 e. The fraction of sp³-hybridized carbons (Fsp3) is 0.296. The molecule has 0 saturated carbocycles. The fourth-order valence-corrected chi connectivity index (χ4v) is 5.57. The smallest absolute Gasteiger partial charge is 0.310 e. The Morgan fingerprint density at radius 2 is 1.58 bits per heavy atom. The second kappa shape index (κ2) is 8.51. The number of esters is 1. The minimum atomic E-state index is -0.533. The molecule has 1 saturated heterocycles. The minimum Gasteiger partial charge on any atom is -0.502 e. The molecule has 0 aromatic heterocycles. The van der Waals surface area contributed by atoms with E-state index in [0.717, 1.165) is 22.4 Å². The predicted octanol–water partition coefficient (Wildman–Crippen LogP) is 4.37. The summed E-state index contributed by atoms with van der Waals surface area (Å²) in [5.41, 5.74) is 3.22. The predicted molar refractivity (Wildman–Crippen MR) is 126 cm³/mol. The molecule has 6 rings (SSSR count). The third-order valence-electron chi connectivity index (χ3n) is 7.21. The Morgan fingerprint density at radius 3 is 2.22 bits per heavy atom. The summed E-state index contributed by atoms with van der Waals surface area (Å²) in [4.78, 5) is 13.2. The van der Waals surface area contributed by atoms with Crippen molar-refractivity contribution >= 4 is 11.7 Å². The molecule has 4 atom stereocenters. The van der Waals surface area contributed by atoms with Crippen LogP contribution in [-0.4, -0.2) is 38.7 Å². The first-order chi connectivity index (χ1) is 17.5. The number of hydrogen-bond donors (Lipinski definition) is 2. The molecular formula is C27H24FNO7. The Kier molecular flexibility index (Phi) is 5.28. The number of aromatic hydroxyl groups is 1. The van der Waals surface area contributed by atoms with E-state index in [4.69, 9.17) is 23.7 Å². The summed E-state index contributed by atoms with van der Waals surface area (Å²) in [5, 5.41) is 14.0. The molecule has 8 nitrogen and oxygen atoms in total. The van der Waals surface area contributed by atoms with Crippen LogP contribution < -0.4 is 24.3 Å². The number of rotatable bonds is 5. The number of cyclic esters (lactones) is 1. The molecule has 1 aliphatic carbocycles. The van der Waals surface area contributed by atoms with Crippen molar-refractivity contribution in [2.75, 3.05) is 32.9 Å². The summed E-state index contributed by atoms with van der Waals surface area (Å²) < 4.78 is 41.3. The number of nitrogens with one attached hydrogen (secondary N) is 1. The quantitative estimate of drug-likeness (QED) is 0.506. The topological polar surface area (TPSA) is 95.5 Å². The SMILES string of the molecule is COc1cc(C2c3cc4c(cc3[C@@H](Nc3ccc(F)cc3)C3COC(=O)[C@H]23)OCO4)cc(OC)c1O. The van der Waals surface area contributed by atoms with Crippen molar-refractivity contribution in [3.63, 3.8) is 0 Å². The van der Waals surface area contributed by atoms with E-state index in [1.807, 2.05) is 12.1 Å². The average molecular weight is 493 g/mol. The summed E-state index contributed by atoms with van der Waals surface area (Å²) in [5.74, 6) is -0.283. The van der Waals surface area contributed by atoms with Crippen molar-refractivity contribution in [3.05, 3.63) is 71.0 Å². The molecule has 186 valence electrons. The van der Waals surface area contributed by atoms with Crippen LogP contribution in [0.25, 0.3) is 0 Å². The molecule has 2 unspecified atom stereocenters. The van der Waals surface area contributed by atoms with Gasteiger partial charge in [0.25, 0.3) is 0 Å². The van der Waals surface area contributed by atoms with E-state index in [2.05, 4.69) is 5.32 Å². The molecule has 2 heterocycles. The number of carbonyl (C=O) groups is 1. The first-order valence-corrected chi connectivity index (χ1v) is 11.6. The third kappa shape index (κ3) is 3.45. The second-order valence-corrected chi connectivity index (χ2v) is 9.03. The maximum Gasteiger partial charge on any atom is 0.310 e. The van der Waals surface area contributed by atoms with Crippen LogP contribution in [0.2, 0.25) is 0 Å². The molecular weight excluding hydrogens is 469 g/mol. The van der Waals surface area contributed by atoms with Crippen molar-refractivity contribution in [3.8, 4) is 28.7 Å².